The van der Waals surface area contributed by atoms with Gasteiger partial charge in [0.1, 0.15) is 0 Å². The van der Waals surface area contributed by atoms with Crippen molar-refractivity contribution in [1.82, 2.24) is 0 Å². The highest BCUT2D eigenvalue weighted by Crippen LogP contribution is 2.64. The molecular formula is C75H54N2. The highest BCUT2D eigenvalue weighted by atomic mass is 15.2. The highest BCUT2D eigenvalue weighted by molar-refractivity contribution is 5.97. The van der Waals surface area contributed by atoms with E-state index in [0.717, 1.165) is 47.0 Å². The number of nitrogens with zero attached hydrogens (tertiary/aromatic N) is 2. The molecule has 0 aliphatic heterocycles. The number of anilines is 5. The maximum Gasteiger partial charge on any atom is 0.0727 e. The average Bonchev–Trinajstić information content (AvgIpc) is 3.80. The van der Waals surface area contributed by atoms with Gasteiger partial charge in [0.25, 0.3) is 0 Å². The molecule has 0 N–H and O–H groups in total. The Hall–Kier alpha value is -9.76. The minimum atomic E-state index is -0.610. The van der Waals surface area contributed by atoms with Gasteiger partial charge in [-0.25, -0.2) is 0 Å². The molecule has 4 aliphatic carbocycles. The topological polar surface area (TPSA) is 6.48 Å². The van der Waals surface area contributed by atoms with Gasteiger partial charge in [-0.15, -0.1) is 0 Å². The van der Waals surface area contributed by atoms with Crippen LogP contribution < -0.4 is 9.80 Å². The van der Waals surface area contributed by atoms with Gasteiger partial charge in [-0.05, 0) is 169 Å². The Morgan fingerprint density at radius 3 is 1.27 bits per heavy atom. The van der Waals surface area contributed by atoms with Crippen LogP contribution in [-0.2, 0) is 5.41 Å². The Morgan fingerprint density at radius 1 is 0.286 bits per heavy atom. The Morgan fingerprint density at radius 2 is 0.714 bits per heavy atom. The van der Waals surface area contributed by atoms with E-state index in [2.05, 4.69) is 313 Å². The van der Waals surface area contributed by atoms with Crippen LogP contribution in [-0.4, -0.2) is 0 Å². The summed E-state index contributed by atoms with van der Waals surface area (Å²) < 4.78 is 0. The second kappa shape index (κ2) is 19.5. The van der Waals surface area contributed by atoms with E-state index in [1.807, 2.05) is 0 Å². The fourth-order valence-electron chi connectivity index (χ4n) is 12.4. The normalized spacial score (nSPS) is 15.6. The molecule has 0 aromatic heterocycles. The minimum Gasteiger partial charge on any atom is -0.311 e. The third kappa shape index (κ3) is 8.05. The lowest BCUT2D eigenvalue weighted by Crippen LogP contribution is -2.26. The van der Waals surface area contributed by atoms with Crippen LogP contribution in [0.4, 0.5) is 28.4 Å². The van der Waals surface area contributed by atoms with Gasteiger partial charge in [0, 0.05) is 34.1 Å². The van der Waals surface area contributed by atoms with Crippen LogP contribution in [0.25, 0.3) is 55.7 Å². The summed E-state index contributed by atoms with van der Waals surface area (Å²) in [4.78, 5) is 4.90. The molecule has 364 valence electrons. The molecular weight excluding hydrogens is 929 g/mol. The number of hydrogen-bond donors (Lipinski definition) is 0. The van der Waals surface area contributed by atoms with Crippen molar-refractivity contribution in [2.24, 2.45) is 0 Å². The number of rotatable bonds is 10. The molecule has 0 heterocycles. The molecule has 0 bridgehead atoms. The van der Waals surface area contributed by atoms with Crippen molar-refractivity contribution in [3.05, 3.63) is 342 Å². The molecule has 0 saturated carbocycles. The number of hydrogen-bond acceptors (Lipinski definition) is 2. The SMILES string of the molecule is C1=CCC=CC(c2ccc(N(C3=CCC=C(c4ccccc4)C=C3)c3ccc4c(c3)C3(c5ccccc5-4)c4ccccc4-c4ccc(N(c5ccc(-c6ccccc6)cc5)c5ccc(-c6ccccc6)cc5)cc43)cc2)=C1. The summed E-state index contributed by atoms with van der Waals surface area (Å²) in [6.07, 6.45) is 22.1. The van der Waals surface area contributed by atoms with Crippen LogP contribution in [0.15, 0.2) is 309 Å². The van der Waals surface area contributed by atoms with E-state index in [1.54, 1.807) is 0 Å². The second-order valence-corrected chi connectivity index (χ2v) is 20.3. The monoisotopic (exact) mass is 982 g/mol. The van der Waals surface area contributed by atoms with Crippen LogP contribution in [0.2, 0.25) is 0 Å². The zero-order chi connectivity index (χ0) is 51.1. The largest absolute Gasteiger partial charge is 0.311 e. The molecule has 0 fully saturated rings. The summed E-state index contributed by atoms with van der Waals surface area (Å²) in [5.74, 6) is 0. The first-order valence-electron chi connectivity index (χ1n) is 26.9. The van der Waals surface area contributed by atoms with Gasteiger partial charge < -0.3 is 9.80 Å². The second-order valence-electron chi connectivity index (χ2n) is 20.3. The van der Waals surface area contributed by atoms with Gasteiger partial charge in [0.15, 0.2) is 0 Å². The minimum absolute atomic E-state index is 0.610. The van der Waals surface area contributed by atoms with E-state index in [0.29, 0.717) is 0 Å². The summed E-state index contributed by atoms with van der Waals surface area (Å²) >= 11 is 0. The third-order valence-corrected chi connectivity index (χ3v) is 15.9. The number of allylic oxidation sites excluding steroid dienone is 11. The highest BCUT2D eigenvalue weighted by Gasteiger charge is 2.52. The van der Waals surface area contributed by atoms with Crippen LogP contribution in [0.1, 0.15) is 46.2 Å². The number of benzene rings is 10. The summed E-state index contributed by atoms with van der Waals surface area (Å²) in [6.45, 7) is 0. The molecule has 4 aliphatic rings. The van der Waals surface area contributed by atoms with Crippen LogP contribution in [0.5, 0.6) is 0 Å². The molecule has 10 aromatic rings. The standard InChI is InChI=1S/C75H54N2/c1-2-7-20-54(19-6-1)58-34-41-62(42-35-58)76(61-28-18-27-57(33-40-61)53-21-8-3-9-22-53)65-47-49-69-67-29-14-16-31-71(67)75(73(69)51-65)72-32-17-15-30-68(72)70-50-48-66(52-74(70)75)77(63-43-36-59(37-44-63)55-23-10-4-11-24-55)64-45-38-60(39-46-64)56-25-12-5-13-26-56/h1,3-17,19-52H,2,18H2. The van der Waals surface area contributed by atoms with E-state index in [4.69, 9.17) is 0 Å². The third-order valence-electron chi connectivity index (χ3n) is 15.9. The first-order chi connectivity index (χ1) is 38.2. The molecule has 10 aromatic carbocycles. The molecule has 77 heavy (non-hydrogen) atoms. The molecule has 0 radical (unpaired) electrons. The first-order valence-corrected chi connectivity index (χ1v) is 26.9. The van der Waals surface area contributed by atoms with Crippen molar-refractivity contribution in [3.8, 4) is 44.5 Å². The van der Waals surface area contributed by atoms with Crippen molar-refractivity contribution in [2.45, 2.75) is 18.3 Å². The van der Waals surface area contributed by atoms with Gasteiger partial charge in [-0.1, -0.05) is 237 Å². The molecule has 1 spiro atoms. The van der Waals surface area contributed by atoms with Gasteiger partial charge in [-0.2, -0.15) is 0 Å². The average molecular weight is 983 g/mol. The Kier molecular flexibility index (Phi) is 11.6. The maximum absolute atomic E-state index is 2.51. The zero-order valence-electron chi connectivity index (χ0n) is 42.7. The lowest BCUT2D eigenvalue weighted by molar-refractivity contribution is 0.793. The quantitative estimate of drug-likeness (QED) is 0.135. The van der Waals surface area contributed by atoms with E-state index in [1.165, 1.54) is 89.0 Å². The van der Waals surface area contributed by atoms with E-state index in [9.17, 15) is 0 Å². The lowest BCUT2D eigenvalue weighted by Gasteiger charge is -2.33. The van der Waals surface area contributed by atoms with Crippen molar-refractivity contribution in [3.63, 3.8) is 0 Å². The predicted molar refractivity (Wildman–Crippen MR) is 324 cm³/mol. The fourth-order valence-corrected chi connectivity index (χ4v) is 12.4. The Balaban J connectivity index is 0.947. The van der Waals surface area contributed by atoms with Crippen molar-refractivity contribution >= 4 is 39.6 Å². The zero-order valence-corrected chi connectivity index (χ0v) is 42.7. The molecule has 0 amide bonds. The molecule has 2 heteroatoms. The van der Waals surface area contributed by atoms with Crippen LogP contribution in [0, 0.1) is 0 Å². The van der Waals surface area contributed by atoms with Gasteiger partial charge in [-0.3, -0.25) is 0 Å². The molecule has 0 saturated heterocycles. The van der Waals surface area contributed by atoms with Gasteiger partial charge >= 0.3 is 0 Å². The summed E-state index contributed by atoms with van der Waals surface area (Å²) in [6, 6.07) is 92.0. The first kappa shape index (κ1) is 45.8. The summed E-state index contributed by atoms with van der Waals surface area (Å²) in [7, 11) is 0. The van der Waals surface area contributed by atoms with E-state index >= 15 is 0 Å². The van der Waals surface area contributed by atoms with Crippen LogP contribution in [0.3, 0.4) is 0 Å². The summed E-state index contributed by atoms with van der Waals surface area (Å²) in [5, 5.41) is 0. The van der Waals surface area contributed by atoms with E-state index < -0.39 is 5.41 Å². The smallest absolute Gasteiger partial charge is 0.0727 e. The van der Waals surface area contributed by atoms with Gasteiger partial charge in [0.2, 0.25) is 0 Å². The summed E-state index contributed by atoms with van der Waals surface area (Å²) in [5.41, 5.74) is 25.9. The predicted octanol–water partition coefficient (Wildman–Crippen LogP) is 19.8. The van der Waals surface area contributed by atoms with Crippen molar-refractivity contribution in [2.75, 3.05) is 9.80 Å². The fraction of sp³-hybridized carbons (Fsp3) is 0.0400. The van der Waals surface area contributed by atoms with Gasteiger partial charge in [0.05, 0.1) is 5.41 Å². The van der Waals surface area contributed by atoms with Crippen molar-refractivity contribution in [1.29, 1.82) is 0 Å². The van der Waals surface area contributed by atoms with Crippen LogP contribution >= 0.6 is 0 Å². The number of fused-ring (bicyclic) bond motifs is 10. The van der Waals surface area contributed by atoms with Crippen molar-refractivity contribution < 1.29 is 0 Å². The lowest BCUT2D eigenvalue weighted by atomic mass is 9.70. The molecule has 1 atom stereocenters. The Labute approximate surface area is 452 Å². The maximum atomic E-state index is 2.51. The molecule has 2 nitrogen and oxygen atoms in total. The Bertz CT molecular complexity index is 3950. The van der Waals surface area contributed by atoms with E-state index in [-0.39, 0.29) is 0 Å². The molecule has 14 rings (SSSR count). The molecule has 1 unspecified atom stereocenters.